The van der Waals surface area contributed by atoms with E-state index in [9.17, 15) is 14.3 Å². The number of allylic oxidation sites excluding steroid dienone is 4. The molecule has 4 heteroatoms. The molecule has 13 heavy (non-hydrogen) atoms. The monoisotopic (exact) mass is 179 g/mol. The Morgan fingerprint density at radius 3 is 3.00 bits per heavy atom. The third kappa shape index (κ3) is 1.30. The lowest BCUT2D eigenvalue weighted by Gasteiger charge is -2.17. The second-order valence-electron chi connectivity index (χ2n) is 2.81. The van der Waals surface area contributed by atoms with Crippen molar-refractivity contribution in [1.29, 1.82) is 0 Å². The standard InChI is InChI=1S/C9H6FNO2/c10-5-1-2-6-7(3-5)11-9(13)4-8(6)12/h1-4,6,12H. The highest BCUT2D eigenvalue weighted by molar-refractivity contribution is 6.11. The summed E-state index contributed by atoms with van der Waals surface area (Å²) in [6.45, 7) is 0. The van der Waals surface area contributed by atoms with Crippen LogP contribution in [0.15, 0.2) is 40.9 Å². The molecule has 0 fully saturated rings. The van der Waals surface area contributed by atoms with E-state index in [4.69, 9.17) is 0 Å². The van der Waals surface area contributed by atoms with Gasteiger partial charge in [-0.3, -0.25) is 4.79 Å². The van der Waals surface area contributed by atoms with Crippen molar-refractivity contribution in [1.82, 2.24) is 0 Å². The Hall–Kier alpha value is -1.71. The third-order valence-electron chi connectivity index (χ3n) is 1.88. The number of hydrogen-bond acceptors (Lipinski definition) is 2. The molecule has 0 bridgehead atoms. The van der Waals surface area contributed by atoms with Gasteiger partial charge in [0.1, 0.15) is 11.6 Å². The van der Waals surface area contributed by atoms with E-state index in [2.05, 4.69) is 4.99 Å². The molecule has 2 rings (SSSR count). The first kappa shape index (κ1) is 7.91. The average molecular weight is 179 g/mol. The lowest BCUT2D eigenvalue weighted by molar-refractivity contribution is -0.113. The maximum absolute atomic E-state index is 12.7. The van der Waals surface area contributed by atoms with E-state index in [1.807, 2.05) is 0 Å². The van der Waals surface area contributed by atoms with Crippen molar-refractivity contribution in [2.75, 3.05) is 0 Å². The van der Waals surface area contributed by atoms with E-state index in [1.54, 1.807) is 0 Å². The van der Waals surface area contributed by atoms with Crippen molar-refractivity contribution in [3.63, 3.8) is 0 Å². The van der Waals surface area contributed by atoms with Crippen molar-refractivity contribution in [3.05, 3.63) is 35.9 Å². The molecule has 66 valence electrons. The number of nitrogens with zero attached hydrogens (tertiary/aromatic N) is 1. The number of dihydropyridines is 1. The molecule has 0 aromatic heterocycles. The van der Waals surface area contributed by atoms with E-state index in [0.29, 0.717) is 0 Å². The normalized spacial score (nSPS) is 26.1. The molecule has 0 saturated carbocycles. The fourth-order valence-electron chi connectivity index (χ4n) is 1.29. The number of carbonyl (C=O) groups excluding carboxylic acids is 1. The lowest BCUT2D eigenvalue weighted by Crippen LogP contribution is -2.21. The van der Waals surface area contributed by atoms with Gasteiger partial charge in [0.15, 0.2) is 0 Å². The first-order valence-electron chi connectivity index (χ1n) is 3.75. The van der Waals surface area contributed by atoms with Crippen LogP contribution < -0.4 is 0 Å². The van der Waals surface area contributed by atoms with E-state index in [0.717, 1.165) is 12.2 Å². The summed E-state index contributed by atoms with van der Waals surface area (Å²) in [5.74, 6) is -1.56. The minimum Gasteiger partial charge on any atom is -0.511 e. The molecule has 0 spiro atoms. The second kappa shape index (κ2) is 2.65. The molecule has 0 saturated heterocycles. The average Bonchev–Trinajstić information content (AvgIpc) is 2.02. The van der Waals surface area contributed by atoms with Crippen LogP contribution in [-0.2, 0) is 4.79 Å². The molecule has 1 N–H and O–H groups in total. The highest BCUT2D eigenvalue weighted by Crippen LogP contribution is 2.23. The number of carbonyl (C=O) groups is 1. The molecule has 2 aliphatic rings. The zero-order valence-electron chi connectivity index (χ0n) is 6.57. The van der Waals surface area contributed by atoms with E-state index in [1.165, 1.54) is 12.2 Å². The molecule has 3 nitrogen and oxygen atoms in total. The summed E-state index contributed by atoms with van der Waals surface area (Å²) < 4.78 is 12.7. The summed E-state index contributed by atoms with van der Waals surface area (Å²) >= 11 is 0. The molecule has 1 atom stereocenters. The van der Waals surface area contributed by atoms with Crippen LogP contribution in [0, 0.1) is 5.92 Å². The largest absolute Gasteiger partial charge is 0.511 e. The predicted molar refractivity (Wildman–Crippen MR) is 45.0 cm³/mol. The van der Waals surface area contributed by atoms with Gasteiger partial charge in [-0.25, -0.2) is 9.38 Å². The fourth-order valence-corrected chi connectivity index (χ4v) is 1.29. The van der Waals surface area contributed by atoms with Gasteiger partial charge in [0.2, 0.25) is 0 Å². The fraction of sp³-hybridized carbons (Fsp3) is 0.111. The zero-order chi connectivity index (χ0) is 9.42. The van der Waals surface area contributed by atoms with E-state index in [-0.39, 0.29) is 11.5 Å². The maximum Gasteiger partial charge on any atom is 0.273 e. The molecule has 1 unspecified atom stereocenters. The smallest absolute Gasteiger partial charge is 0.273 e. The Balaban J connectivity index is 2.44. The molecule has 1 amide bonds. The van der Waals surface area contributed by atoms with Gasteiger partial charge in [-0.05, 0) is 12.2 Å². The highest BCUT2D eigenvalue weighted by Gasteiger charge is 2.24. The number of aliphatic hydroxyl groups is 1. The van der Waals surface area contributed by atoms with Crippen LogP contribution in [0.3, 0.4) is 0 Å². The van der Waals surface area contributed by atoms with E-state index < -0.39 is 17.7 Å². The van der Waals surface area contributed by atoms with Crippen LogP contribution in [0.4, 0.5) is 4.39 Å². The van der Waals surface area contributed by atoms with Crippen molar-refractivity contribution < 1.29 is 14.3 Å². The summed E-state index contributed by atoms with van der Waals surface area (Å²) in [5.41, 5.74) is 0.255. The number of rotatable bonds is 0. The number of aliphatic imine (C=N–C) groups is 1. The topological polar surface area (TPSA) is 49.7 Å². The molecule has 1 heterocycles. The van der Waals surface area contributed by atoms with Gasteiger partial charge in [0, 0.05) is 6.08 Å². The molecule has 0 radical (unpaired) electrons. The van der Waals surface area contributed by atoms with Gasteiger partial charge in [0.25, 0.3) is 5.91 Å². The Morgan fingerprint density at radius 1 is 1.46 bits per heavy atom. The summed E-state index contributed by atoms with van der Waals surface area (Å²) in [5, 5.41) is 9.32. The van der Waals surface area contributed by atoms with Gasteiger partial charge >= 0.3 is 0 Å². The molecule has 0 aromatic carbocycles. The molecule has 1 aliphatic carbocycles. The van der Waals surface area contributed by atoms with Gasteiger partial charge < -0.3 is 5.11 Å². The minimum atomic E-state index is -0.553. The summed E-state index contributed by atoms with van der Waals surface area (Å²) in [7, 11) is 0. The third-order valence-corrected chi connectivity index (χ3v) is 1.88. The van der Waals surface area contributed by atoms with Crippen molar-refractivity contribution in [2.24, 2.45) is 10.9 Å². The van der Waals surface area contributed by atoms with Gasteiger partial charge in [-0.1, -0.05) is 6.08 Å². The SMILES string of the molecule is O=C1C=C(O)C2C=CC(F)=CC2=N1. The van der Waals surface area contributed by atoms with E-state index >= 15 is 0 Å². The Morgan fingerprint density at radius 2 is 2.23 bits per heavy atom. The molecular weight excluding hydrogens is 173 g/mol. The number of amides is 1. The summed E-state index contributed by atoms with van der Waals surface area (Å²) in [6, 6.07) is 0. The van der Waals surface area contributed by atoms with Crippen LogP contribution in [0.25, 0.3) is 0 Å². The molecule has 0 aromatic rings. The summed E-state index contributed by atoms with van der Waals surface area (Å²) in [6.07, 6.45) is 4.89. The van der Waals surface area contributed by atoms with Crippen LogP contribution in [-0.4, -0.2) is 16.7 Å². The van der Waals surface area contributed by atoms with Gasteiger partial charge in [0.05, 0.1) is 11.6 Å². The van der Waals surface area contributed by atoms with Crippen LogP contribution in [0.2, 0.25) is 0 Å². The Kier molecular flexibility index (Phi) is 1.62. The number of fused-ring (bicyclic) bond motifs is 1. The lowest BCUT2D eigenvalue weighted by atomic mass is 9.94. The van der Waals surface area contributed by atoms with Crippen molar-refractivity contribution in [3.8, 4) is 0 Å². The number of hydrogen-bond donors (Lipinski definition) is 1. The number of aliphatic hydroxyl groups excluding tert-OH is 1. The first-order valence-corrected chi connectivity index (χ1v) is 3.75. The number of halogens is 1. The Bertz CT molecular complexity index is 390. The van der Waals surface area contributed by atoms with Crippen LogP contribution in [0.1, 0.15) is 0 Å². The second-order valence-corrected chi connectivity index (χ2v) is 2.81. The van der Waals surface area contributed by atoms with Crippen molar-refractivity contribution >= 4 is 11.6 Å². The summed E-state index contributed by atoms with van der Waals surface area (Å²) in [4.78, 5) is 14.4. The van der Waals surface area contributed by atoms with Crippen LogP contribution >= 0.6 is 0 Å². The maximum atomic E-state index is 12.7. The van der Waals surface area contributed by atoms with Crippen molar-refractivity contribution in [2.45, 2.75) is 0 Å². The van der Waals surface area contributed by atoms with Gasteiger partial charge in [-0.15, -0.1) is 0 Å². The first-order chi connectivity index (χ1) is 6.16. The highest BCUT2D eigenvalue weighted by atomic mass is 19.1. The zero-order valence-corrected chi connectivity index (χ0v) is 6.57. The quantitative estimate of drug-likeness (QED) is 0.611. The Labute approximate surface area is 73.6 Å². The predicted octanol–water partition coefficient (Wildman–Crippen LogP) is 1.45. The minimum absolute atomic E-state index is 0.0880. The van der Waals surface area contributed by atoms with Gasteiger partial charge in [-0.2, -0.15) is 0 Å². The van der Waals surface area contributed by atoms with Crippen LogP contribution in [0.5, 0.6) is 0 Å². The molecule has 1 aliphatic heterocycles. The molecular formula is C9H6FNO2.